The van der Waals surface area contributed by atoms with Gasteiger partial charge in [0.05, 0.1) is 12.2 Å². The lowest BCUT2D eigenvalue weighted by Crippen LogP contribution is -2.11. The molecule has 0 radical (unpaired) electrons. The number of hydrogen-bond acceptors (Lipinski definition) is 4. The van der Waals surface area contributed by atoms with E-state index in [2.05, 4.69) is 22.3 Å². The average Bonchev–Trinajstić information content (AvgIpc) is 2.83. The van der Waals surface area contributed by atoms with Crippen LogP contribution in [-0.2, 0) is 0 Å². The van der Waals surface area contributed by atoms with E-state index >= 15 is 0 Å². The van der Waals surface area contributed by atoms with Crippen LogP contribution in [0.3, 0.4) is 0 Å². The number of carbonyl (C=O) groups is 1. The third-order valence-electron chi connectivity index (χ3n) is 2.69. The SMILES string of the molecule is Cc1cc(NC(=O)c2ccc(C)c(C#CCN)c2)on1. The molecule has 0 aliphatic rings. The maximum atomic E-state index is 12.1. The van der Waals surface area contributed by atoms with E-state index in [4.69, 9.17) is 10.3 Å². The highest BCUT2D eigenvalue weighted by atomic mass is 16.5. The van der Waals surface area contributed by atoms with Gasteiger partial charge in [-0.2, -0.15) is 0 Å². The molecule has 2 aromatic rings. The Balaban J connectivity index is 2.22. The normalized spacial score (nSPS) is 9.75. The zero-order valence-electron chi connectivity index (χ0n) is 11.4. The van der Waals surface area contributed by atoms with Crippen molar-refractivity contribution in [1.82, 2.24) is 5.16 Å². The van der Waals surface area contributed by atoms with E-state index in [9.17, 15) is 4.79 Å². The topological polar surface area (TPSA) is 81.2 Å². The fourth-order valence-electron chi connectivity index (χ4n) is 1.65. The third kappa shape index (κ3) is 3.25. The molecule has 2 rings (SSSR count). The molecule has 20 heavy (non-hydrogen) atoms. The van der Waals surface area contributed by atoms with Crippen molar-refractivity contribution in [1.29, 1.82) is 0 Å². The molecule has 1 aromatic carbocycles. The minimum absolute atomic E-state index is 0.267. The highest BCUT2D eigenvalue weighted by Gasteiger charge is 2.10. The van der Waals surface area contributed by atoms with Gasteiger partial charge in [0.25, 0.3) is 5.91 Å². The lowest BCUT2D eigenvalue weighted by molar-refractivity contribution is 0.102. The van der Waals surface area contributed by atoms with Crippen LogP contribution in [0.1, 0.15) is 27.2 Å². The monoisotopic (exact) mass is 269 g/mol. The summed E-state index contributed by atoms with van der Waals surface area (Å²) in [4.78, 5) is 12.1. The Morgan fingerprint density at radius 2 is 2.20 bits per heavy atom. The van der Waals surface area contributed by atoms with E-state index in [-0.39, 0.29) is 12.5 Å². The van der Waals surface area contributed by atoms with E-state index < -0.39 is 0 Å². The van der Waals surface area contributed by atoms with Gasteiger partial charge in [0.2, 0.25) is 5.88 Å². The number of rotatable bonds is 2. The number of nitrogens with one attached hydrogen (secondary N) is 1. The molecule has 5 heteroatoms. The smallest absolute Gasteiger partial charge is 0.258 e. The first-order chi connectivity index (χ1) is 9.60. The molecular formula is C15H15N3O2. The highest BCUT2D eigenvalue weighted by molar-refractivity contribution is 6.03. The second-order valence-electron chi connectivity index (χ2n) is 4.32. The Labute approximate surface area is 117 Å². The van der Waals surface area contributed by atoms with Crippen LogP contribution in [0.15, 0.2) is 28.8 Å². The van der Waals surface area contributed by atoms with Gasteiger partial charge in [-0.3, -0.25) is 10.1 Å². The Bertz CT molecular complexity index is 693. The molecule has 0 fully saturated rings. The molecular weight excluding hydrogens is 254 g/mol. The molecule has 3 N–H and O–H groups in total. The highest BCUT2D eigenvalue weighted by Crippen LogP contribution is 2.14. The summed E-state index contributed by atoms with van der Waals surface area (Å²) < 4.78 is 4.95. The van der Waals surface area contributed by atoms with Gasteiger partial charge in [-0.1, -0.05) is 23.1 Å². The number of hydrogen-bond donors (Lipinski definition) is 2. The number of carbonyl (C=O) groups excluding carboxylic acids is 1. The summed E-state index contributed by atoms with van der Waals surface area (Å²) in [6.07, 6.45) is 0. The van der Waals surface area contributed by atoms with Gasteiger partial charge in [0, 0.05) is 17.2 Å². The van der Waals surface area contributed by atoms with Gasteiger partial charge in [-0.15, -0.1) is 0 Å². The number of nitrogens with two attached hydrogens (primary N) is 1. The van der Waals surface area contributed by atoms with Crippen LogP contribution in [0.5, 0.6) is 0 Å². The van der Waals surface area contributed by atoms with Gasteiger partial charge >= 0.3 is 0 Å². The minimum atomic E-state index is -0.267. The molecule has 0 spiro atoms. The van der Waals surface area contributed by atoms with Gasteiger partial charge in [0.1, 0.15) is 0 Å². The van der Waals surface area contributed by atoms with Gasteiger partial charge < -0.3 is 10.3 Å². The predicted octanol–water partition coefficient (Wildman–Crippen LogP) is 1.85. The van der Waals surface area contributed by atoms with E-state index in [0.29, 0.717) is 17.1 Å². The molecule has 0 unspecified atom stereocenters. The molecule has 1 heterocycles. The molecule has 5 nitrogen and oxygen atoms in total. The zero-order valence-corrected chi connectivity index (χ0v) is 11.4. The van der Waals surface area contributed by atoms with E-state index in [1.165, 1.54) is 0 Å². The molecule has 0 aliphatic heterocycles. The van der Waals surface area contributed by atoms with Crippen LogP contribution in [0, 0.1) is 25.7 Å². The molecule has 0 saturated heterocycles. The van der Waals surface area contributed by atoms with Gasteiger partial charge in [-0.05, 0) is 31.5 Å². The van der Waals surface area contributed by atoms with Crippen molar-refractivity contribution in [2.45, 2.75) is 13.8 Å². The number of aromatic nitrogens is 1. The zero-order chi connectivity index (χ0) is 14.5. The van der Waals surface area contributed by atoms with E-state index in [1.54, 1.807) is 25.1 Å². The van der Waals surface area contributed by atoms with E-state index in [0.717, 1.165) is 11.1 Å². The summed E-state index contributed by atoms with van der Waals surface area (Å²) in [7, 11) is 0. The van der Waals surface area contributed by atoms with Gasteiger partial charge in [-0.25, -0.2) is 0 Å². The summed E-state index contributed by atoms with van der Waals surface area (Å²) >= 11 is 0. The van der Waals surface area contributed by atoms with Crippen molar-refractivity contribution < 1.29 is 9.32 Å². The Hall–Kier alpha value is -2.58. The number of benzene rings is 1. The summed E-state index contributed by atoms with van der Waals surface area (Å²) in [5, 5.41) is 6.35. The third-order valence-corrected chi connectivity index (χ3v) is 2.69. The van der Waals surface area contributed by atoms with Crippen molar-refractivity contribution in [3.63, 3.8) is 0 Å². The molecule has 1 aromatic heterocycles. The minimum Gasteiger partial charge on any atom is -0.338 e. The lowest BCUT2D eigenvalue weighted by atomic mass is 10.0. The summed E-state index contributed by atoms with van der Waals surface area (Å²) in [6, 6.07) is 6.97. The fourth-order valence-corrected chi connectivity index (χ4v) is 1.65. The van der Waals surface area contributed by atoms with Crippen molar-refractivity contribution in [3.05, 3.63) is 46.6 Å². The number of nitrogens with zero attached hydrogens (tertiary/aromatic N) is 1. The fraction of sp³-hybridized carbons (Fsp3) is 0.200. The van der Waals surface area contributed by atoms with Crippen molar-refractivity contribution >= 4 is 11.8 Å². The first-order valence-corrected chi connectivity index (χ1v) is 6.14. The molecule has 0 atom stereocenters. The van der Waals surface area contributed by atoms with Crippen LogP contribution >= 0.6 is 0 Å². The Kier molecular flexibility index (Phi) is 4.18. The number of amides is 1. The predicted molar refractivity (Wildman–Crippen MR) is 76.3 cm³/mol. The maximum Gasteiger partial charge on any atom is 0.258 e. The molecule has 0 bridgehead atoms. The van der Waals surface area contributed by atoms with Crippen LogP contribution in [0.2, 0.25) is 0 Å². The summed E-state index contributed by atoms with van der Waals surface area (Å²) in [5.41, 5.74) is 8.36. The largest absolute Gasteiger partial charge is 0.338 e. The quantitative estimate of drug-likeness (QED) is 0.815. The first-order valence-electron chi connectivity index (χ1n) is 6.14. The Morgan fingerprint density at radius 1 is 1.40 bits per heavy atom. The molecule has 102 valence electrons. The Morgan fingerprint density at radius 3 is 2.85 bits per heavy atom. The maximum absolute atomic E-state index is 12.1. The second-order valence-corrected chi connectivity index (χ2v) is 4.32. The van der Waals surface area contributed by atoms with Crippen LogP contribution in [0.4, 0.5) is 5.88 Å². The van der Waals surface area contributed by atoms with Crippen molar-refractivity contribution in [3.8, 4) is 11.8 Å². The number of aryl methyl sites for hydroxylation is 2. The summed E-state index contributed by atoms with van der Waals surface area (Å²) in [6.45, 7) is 4.00. The summed E-state index contributed by atoms with van der Waals surface area (Å²) in [5.74, 6) is 5.78. The average molecular weight is 269 g/mol. The van der Waals surface area contributed by atoms with E-state index in [1.807, 2.05) is 13.0 Å². The first kappa shape index (κ1) is 13.8. The van der Waals surface area contributed by atoms with Crippen molar-refractivity contribution in [2.75, 3.05) is 11.9 Å². The van der Waals surface area contributed by atoms with Crippen LogP contribution in [0.25, 0.3) is 0 Å². The molecule has 0 saturated carbocycles. The lowest BCUT2D eigenvalue weighted by Gasteiger charge is -2.04. The second kappa shape index (κ2) is 6.04. The van der Waals surface area contributed by atoms with Crippen molar-refractivity contribution in [2.24, 2.45) is 5.73 Å². The standard InChI is InChI=1S/C15H15N3O2/c1-10-5-6-13(9-12(10)4-3-7-16)15(19)17-14-8-11(2)18-20-14/h5-6,8-9H,7,16H2,1-2H3,(H,17,19). The number of anilines is 1. The molecule has 1 amide bonds. The van der Waals surface area contributed by atoms with Gasteiger partial charge in [0.15, 0.2) is 0 Å². The van der Waals surface area contributed by atoms with Crippen LogP contribution in [-0.4, -0.2) is 17.6 Å². The molecule has 0 aliphatic carbocycles. The van der Waals surface area contributed by atoms with Crippen LogP contribution < -0.4 is 11.1 Å².